The number of fused-ring (bicyclic) bond motifs is 2. The number of aliphatic hydroxyl groups is 2. The van der Waals surface area contributed by atoms with Crippen molar-refractivity contribution in [3.05, 3.63) is 0 Å². The number of hydrogen-bond donors (Lipinski definition) is 4. The molecule has 4 fully saturated rings. The lowest BCUT2D eigenvalue weighted by Crippen LogP contribution is -2.48. The molecule has 7 heteroatoms. The van der Waals surface area contributed by atoms with Crippen molar-refractivity contribution in [1.29, 1.82) is 0 Å². The van der Waals surface area contributed by atoms with Crippen molar-refractivity contribution in [2.24, 2.45) is 53.3 Å². The zero-order valence-electron chi connectivity index (χ0n) is 30.3. The Hall–Kier alpha value is -1.30. The summed E-state index contributed by atoms with van der Waals surface area (Å²) in [6.07, 6.45) is 19.3. The molecule has 3 saturated carbocycles. The quantitative estimate of drug-likeness (QED) is 0.114. The lowest BCUT2D eigenvalue weighted by Gasteiger charge is -2.44. The summed E-state index contributed by atoms with van der Waals surface area (Å²) < 4.78 is 5.73. The summed E-state index contributed by atoms with van der Waals surface area (Å²) in [7, 11) is 1.69. The van der Waals surface area contributed by atoms with E-state index in [9.17, 15) is 19.8 Å². The highest BCUT2D eigenvalue weighted by Gasteiger charge is 2.44. The molecular formula is C41H68N2O5. The van der Waals surface area contributed by atoms with Crippen molar-refractivity contribution in [2.45, 2.75) is 154 Å². The molecule has 0 bridgehead atoms. The predicted molar refractivity (Wildman–Crippen MR) is 191 cm³/mol. The molecule has 4 aliphatic carbocycles. The van der Waals surface area contributed by atoms with E-state index in [1.165, 1.54) is 64.2 Å². The number of nitrogens with one attached hydrogen (secondary N) is 2. The molecule has 1 aliphatic heterocycles. The summed E-state index contributed by atoms with van der Waals surface area (Å²) in [5.74, 6) is 10.9. The van der Waals surface area contributed by atoms with Crippen molar-refractivity contribution in [3.63, 3.8) is 0 Å². The number of hydrogen-bond acceptors (Lipinski definition) is 7. The number of carbonyl (C=O) groups is 2. The van der Waals surface area contributed by atoms with Gasteiger partial charge in [-0.25, -0.2) is 0 Å². The third kappa shape index (κ3) is 10.6. The van der Waals surface area contributed by atoms with E-state index >= 15 is 0 Å². The summed E-state index contributed by atoms with van der Waals surface area (Å²) >= 11 is 0. The summed E-state index contributed by atoms with van der Waals surface area (Å²) in [6, 6.07) is 0. The molecule has 1 heterocycles. The number of carbonyl (C=O) groups excluding carboxylic acids is 2. The highest BCUT2D eigenvalue weighted by molar-refractivity contribution is 6.00. The smallest absolute Gasteiger partial charge is 0.144 e. The number of piperidine rings is 1. The second-order valence-corrected chi connectivity index (χ2v) is 16.6. The van der Waals surface area contributed by atoms with Crippen molar-refractivity contribution in [1.82, 2.24) is 10.6 Å². The lowest BCUT2D eigenvalue weighted by molar-refractivity contribution is -0.130. The van der Waals surface area contributed by atoms with Crippen molar-refractivity contribution < 1.29 is 24.5 Å². The number of ether oxygens (including phenoxy) is 1. The highest BCUT2D eigenvalue weighted by atomic mass is 16.5. The van der Waals surface area contributed by atoms with Gasteiger partial charge in [0.1, 0.15) is 11.6 Å². The molecule has 0 aromatic heterocycles. The fraction of sp³-hybridized carbons (Fsp3) is 0.902. The van der Waals surface area contributed by atoms with Crippen molar-refractivity contribution >= 4 is 11.6 Å². The fourth-order valence-corrected chi connectivity index (χ4v) is 10.6. The van der Waals surface area contributed by atoms with Gasteiger partial charge in [0.2, 0.25) is 0 Å². The number of unbranched alkanes of at least 4 members (excludes halogenated alkanes) is 1. The normalized spacial score (nSPS) is 38.8. The van der Waals surface area contributed by atoms with Gasteiger partial charge in [0, 0.05) is 37.9 Å². The average molecular weight is 669 g/mol. The fourth-order valence-electron chi connectivity index (χ4n) is 10.6. The second-order valence-electron chi connectivity index (χ2n) is 16.6. The Morgan fingerprint density at radius 2 is 1.73 bits per heavy atom. The van der Waals surface area contributed by atoms with Gasteiger partial charge in [0.25, 0.3) is 0 Å². The molecule has 4 N–H and O–H groups in total. The maximum absolute atomic E-state index is 14.1. The van der Waals surface area contributed by atoms with E-state index in [0.29, 0.717) is 42.7 Å². The Labute approximate surface area is 291 Å². The maximum Gasteiger partial charge on any atom is 0.144 e. The van der Waals surface area contributed by atoms with Gasteiger partial charge in [-0.15, -0.1) is 0 Å². The topological polar surface area (TPSA) is 108 Å². The van der Waals surface area contributed by atoms with Gasteiger partial charge in [0.05, 0.1) is 24.8 Å². The lowest BCUT2D eigenvalue weighted by atomic mass is 9.63. The van der Waals surface area contributed by atoms with Crippen LogP contribution in [0.2, 0.25) is 0 Å². The van der Waals surface area contributed by atoms with E-state index in [2.05, 4.69) is 29.4 Å². The van der Waals surface area contributed by atoms with Gasteiger partial charge in [-0.3, -0.25) is 9.59 Å². The molecular weight excluding hydrogens is 600 g/mol. The molecule has 48 heavy (non-hydrogen) atoms. The summed E-state index contributed by atoms with van der Waals surface area (Å²) in [4.78, 5) is 27.6. The third-order valence-corrected chi connectivity index (χ3v) is 13.2. The molecule has 0 aromatic carbocycles. The van der Waals surface area contributed by atoms with Gasteiger partial charge in [0.15, 0.2) is 0 Å². The molecule has 5 aliphatic rings. The Morgan fingerprint density at radius 1 is 0.896 bits per heavy atom. The Kier molecular flexibility index (Phi) is 15.3. The first-order chi connectivity index (χ1) is 23.4. The molecule has 0 amide bonds. The minimum Gasteiger partial charge on any atom is -0.396 e. The molecule has 7 nitrogen and oxygen atoms in total. The van der Waals surface area contributed by atoms with Crippen LogP contribution in [0.5, 0.6) is 0 Å². The first-order valence-electron chi connectivity index (χ1n) is 20.2. The minimum absolute atomic E-state index is 0.00585. The Bertz CT molecular complexity index is 1060. The van der Waals surface area contributed by atoms with Crippen LogP contribution in [-0.2, 0) is 14.3 Å². The largest absolute Gasteiger partial charge is 0.396 e. The number of ketones is 2. The van der Waals surface area contributed by atoms with Crippen LogP contribution in [0.1, 0.15) is 135 Å². The zero-order valence-corrected chi connectivity index (χ0v) is 30.3. The van der Waals surface area contributed by atoms with Crippen molar-refractivity contribution in [2.75, 3.05) is 26.8 Å². The predicted octanol–water partition coefficient (Wildman–Crippen LogP) is 6.44. The summed E-state index contributed by atoms with van der Waals surface area (Å²) in [5.41, 5.74) is 0. The van der Waals surface area contributed by atoms with E-state index in [0.717, 1.165) is 58.0 Å². The highest BCUT2D eigenvalue weighted by Crippen LogP contribution is 2.46. The number of aliphatic hydroxyl groups excluding tert-OH is 2. The molecule has 0 radical (unpaired) electrons. The van der Waals surface area contributed by atoms with Crippen LogP contribution in [0, 0.1) is 65.1 Å². The van der Waals surface area contributed by atoms with Crippen LogP contribution in [0.4, 0.5) is 0 Å². The SMILES string of the molecule is CCCC[C@@H]1C[C@H](CC2CCNC(NCCCO)C2)C[C@@H]2C#C[C@H](C3CCCCC3)C3CC(O)C(OC)CC3CCC(=O)CC(=O)[C@@H]2C1. The molecule has 11 atom stereocenters. The molecule has 1 saturated heterocycles. The summed E-state index contributed by atoms with van der Waals surface area (Å²) in [6.45, 7) is 4.32. The first-order valence-corrected chi connectivity index (χ1v) is 20.2. The number of methoxy groups -OCH3 is 1. The molecule has 272 valence electrons. The maximum atomic E-state index is 14.1. The van der Waals surface area contributed by atoms with Crippen LogP contribution >= 0.6 is 0 Å². The van der Waals surface area contributed by atoms with E-state index in [1.54, 1.807) is 7.11 Å². The van der Waals surface area contributed by atoms with E-state index in [-0.39, 0.29) is 60.3 Å². The third-order valence-electron chi connectivity index (χ3n) is 13.2. The van der Waals surface area contributed by atoms with Gasteiger partial charge in [-0.1, -0.05) is 57.3 Å². The van der Waals surface area contributed by atoms with Crippen LogP contribution in [0.15, 0.2) is 0 Å². The van der Waals surface area contributed by atoms with Crippen LogP contribution < -0.4 is 10.6 Å². The second kappa shape index (κ2) is 19.3. The van der Waals surface area contributed by atoms with Gasteiger partial charge >= 0.3 is 0 Å². The Balaban J connectivity index is 1.44. The standard InChI is InChI=1S/C41H68N2O5/c1-3-4-9-28-20-30(21-29-16-18-43-41(24-29)42-17-8-19-44)22-32-13-15-35(31-10-6-5-7-11-31)36-27-39(47)40(48-2)25-33(36)12-14-34(45)26-38(46)37(32)23-28/h28-33,35-37,39-44,47H,3-12,14,16-27H2,1-2H3/t28-,29?,30-,32+,33?,35-,36?,37-,39?,40?,41?/m1/s1. The molecule has 0 aromatic rings. The van der Waals surface area contributed by atoms with Crippen molar-refractivity contribution in [3.8, 4) is 11.8 Å². The molecule has 5 rings (SSSR count). The first kappa shape index (κ1) is 37.9. The minimum atomic E-state index is -0.490. The van der Waals surface area contributed by atoms with E-state index < -0.39 is 6.10 Å². The zero-order chi connectivity index (χ0) is 33.9. The monoisotopic (exact) mass is 669 g/mol. The average Bonchev–Trinajstić information content (AvgIpc) is 3.26. The van der Waals surface area contributed by atoms with E-state index in [4.69, 9.17) is 4.74 Å². The van der Waals surface area contributed by atoms with Crippen LogP contribution in [-0.4, -0.2) is 67.0 Å². The van der Waals surface area contributed by atoms with Gasteiger partial charge in [-0.05, 0) is 126 Å². The van der Waals surface area contributed by atoms with E-state index in [1.807, 2.05) is 0 Å². The Morgan fingerprint density at radius 3 is 2.50 bits per heavy atom. The van der Waals surface area contributed by atoms with Crippen LogP contribution in [0.25, 0.3) is 0 Å². The number of Topliss-reactive ketones (excluding diaryl/α,β-unsaturated/α-hetero) is 2. The number of rotatable bonds is 11. The van der Waals surface area contributed by atoms with Crippen LogP contribution in [0.3, 0.4) is 0 Å². The molecule has 6 unspecified atom stereocenters. The summed E-state index contributed by atoms with van der Waals surface area (Å²) in [5, 5.41) is 27.7. The van der Waals surface area contributed by atoms with Gasteiger partial charge in [-0.2, -0.15) is 0 Å². The van der Waals surface area contributed by atoms with Gasteiger partial charge < -0.3 is 25.6 Å². The molecule has 0 spiro atoms.